The third-order valence-electron chi connectivity index (χ3n) is 3.37. The Morgan fingerprint density at radius 3 is 2.43 bits per heavy atom. The minimum atomic E-state index is -1.18. The van der Waals surface area contributed by atoms with Crippen LogP contribution in [0.2, 0.25) is 0 Å². The van der Waals surface area contributed by atoms with Crippen LogP contribution in [0.15, 0.2) is 0 Å². The third kappa shape index (κ3) is 4.76. The van der Waals surface area contributed by atoms with Crippen molar-refractivity contribution >= 4 is 17.6 Å². The Bertz CT molecular complexity index is 630. The zero-order chi connectivity index (χ0) is 17.9. The molecule has 1 unspecified atom stereocenters. The molecule has 1 heterocycles. The van der Waals surface area contributed by atoms with Gasteiger partial charge in [-0.1, -0.05) is 20.8 Å². The highest BCUT2D eigenvalue weighted by molar-refractivity contribution is 5.98. The van der Waals surface area contributed by atoms with E-state index >= 15 is 0 Å². The zero-order valence-corrected chi connectivity index (χ0v) is 13.9. The summed E-state index contributed by atoms with van der Waals surface area (Å²) < 4.78 is 1.09. The first-order valence-electron chi connectivity index (χ1n) is 7.15. The van der Waals surface area contributed by atoms with Gasteiger partial charge in [-0.15, -0.1) is 0 Å². The number of carbonyl (C=O) groups is 2. The molecule has 0 aliphatic carbocycles. The van der Waals surface area contributed by atoms with Gasteiger partial charge in [-0.3, -0.25) is 19.6 Å². The van der Waals surface area contributed by atoms with Gasteiger partial charge >= 0.3 is 11.7 Å². The summed E-state index contributed by atoms with van der Waals surface area (Å²) in [4.78, 5) is 34.0. The monoisotopic (exact) mass is 326 g/mol. The van der Waals surface area contributed by atoms with Crippen molar-refractivity contribution in [2.24, 2.45) is 12.5 Å². The number of hydrogen-bond acceptors (Lipinski definition) is 5. The van der Waals surface area contributed by atoms with Crippen LogP contribution in [0.5, 0.6) is 0 Å². The van der Waals surface area contributed by atoms with Crippen molar-refractivity contribution in [3.8, 4) is 0 Å². The van der Waals surface area contributed by atoms with Gasteiger partial charge in [0.1, 0.15) is 11.7 Å². The zero-order valence-electron chi connectivity index (χ0n) is 13.9. The number of aromatic nitrogens is 2. The van der Waals surface area contributed by atoms with E-state index in [4.69, 9.17) is 0 Å². The predicted molar refractivity (Wildman–Crippen MR) is 82.2 cm³/mol. The van der Waals surface area contributed by atoms with Gasteiger partial charge in [-0.2, -0.15) is 5.10 Å². The van der Waals surface area contributed by atoms with E-state index in [9.17, 15) is 24.8 Å². The highest BCUT2D eigenvalue weighted by atomic mass is 16.6. The predicted octanol–water partition coefficient (Wildman–Crippen LogP) is 1.65. The summed E-state index contributed by atoms with van der Waals surface area (Å²) in [5.41, 5.74) is -0.656. The summed E-state index contributed by atoms with van der Waals surface area (Å²) in [7, 11) is 1.40. The maximum atomic E-state index is 12.3. The molecule has 128 valence electrons. The average Bonchev–Trinajstić information content (AvgIpc) is 2.67. The number of nitrogens with one attached hydrogen (secondary N) is 1. The van der Waals surface area contributed by atoms with Crippen molar-refractivity contribution in [1.29, 1.82) is 0 Å². The fourth-order valence-corrected chi connectivity index (χ4v) is 2.18. The fourth-order valence-electron chi connectivity index (χ4n) is 2.18. The quantitative estimate of drug-likeness (QED) is 0.604. The molecule has 0 aliphatic heterocycles. The second-order valence-electron chi connectivity index (χ2n) is 6.63. The summed E-state index contributed by atoms with van der Waals surface area (Å²) in [6.07, 6.45) is 0.811. The standard InChI is InChI=1S/C14H22N4O5/c1-8-10(18(22)23)11(17(5)16-8)12(19)15-9(13(20)21)6-7-14(2,3)4/h9H,6-7H2,1-5H3,(H,15,19)(H,20,21). The Kier molecular flexibility index (Phi) is 5.46. The summed E-state index contributed by atoms with van der Waals surface area (Å²) in [5.74, 6) is -2.00. The minimum Gasteiger partial charge on any atom is -0.480 e. The van der Waals surface area contributed by atoms with E-state index in [1.54, 1.807) is 0 Å². The molecule has 0 aromatic carbocycles. The largest absolute Gasteiger partial charge is 0.480 e. The van der Waals surface area contributed by atoms with Crippen LogP contribution in [0, 0.1) is 22.5 Å². The number of aliphatic carboxylic acids is 1. The van der Waals surface area contributed by atoms with E-state index < -0.39 is 28.5 Å². The first-order chi connectivity index (χ1) is 10.4. The smallest absolute Gasteiger partial charge is 0.326 e. The highest BCUT2D eigenvalue weighted by Gasteiger charge is 2.32. The lowest BCUT2D eigenvalue weighted by molar-refractivity contribution is -0.385. The molecule has 1 aromatic heterocycles. The molecule has 0 radical (unpaired) electrons. The molecule has 1 atom stereocenters. The number of amides is 1. The lowest BCUT2D eigenvalue weighted by atomic mass is 9.88. The summed E-state index contributed by atoms with van der Waals surface area (Å²) >= 11 is 0. The number of nitrogens with zero attached hydrogens (tertiary/aromatic N) is 3. The van der Waals surface area contributed by atoms with Gasteiger partial charge in [0, 0.05) is 7.05 Å². The molecule has 0 saturated heterocycles. The van der Waals surface area contributed by atoms with Crippen LogP contribution < -0.4 is 5.32 Å². The number of carboxylic acids is 1. The Hall–Kier alpha value is -2.45. The van der Waals surface area contributed by atoms with E-state index in [-0.39, 0.29) is 23.2 Å². The fraction of sp³-hybridized carbons (Fsp3) is 0.643. The Morgan fingerprint density at radius 2 is 2.00 bits per heavy atom. The SMILES string of the molecule is Cc1nn(C)c(C(=O)NC(CCC(C)(C)C)C(=O)O)c1[N+](=O)[O-]. The van der Waals surface area contributed by atoms with Crippen LogP contribution in [0.1, 0.15) is 49.8 Å². The first kappa shape index (κ1) is 18.6. The van der Waals surface area contributed by atoms with Gasteiger partial charge in [0.2, 0.25) is 5.69 Å². The van der Waals surface area contributed by atoms with E-state index in [1.165, 1.54) is 14.0 Å². The van der Waals surface area contributed by atoms with E-state index in [0.717, 1.165) is 4.68 Å². The molecule has 0 aliphatic rings. The van der Waals surface area contributed by atoms with Gasteiger partial charge in [-0.25, -0.2) is 4.79 Å². The van der Waals surface area contributed by atoms with Crippen molar-refractivity contribution < 1.29 is 19.6 Å². The van der Waals surface area contributed by atoms with Crippen molar-refractivity contribution in [3.05, 3.63) is 21.5 Å². The van der Waals surface area contributed by atoms with Crippen LogP contribution in [0.25, 0.3) is 0 Å². The molecular formula is C14H22N4O5. The van der Waals surface area contributed by atoms with Gasteiger partial charge in [0.05, 0.1) is 4.92 Å². The van der Waals surface area contributed by atoms with Crippen LogP contribution in [0.4, 0.5) is 5.69 Å². The van der Waals surface area contributed by atoms with Crippen molar-refractivity contribution in [3.63, 3.8) is 0 Å². The molecule has 0 spiro atoms. The normalized spacial score (nSPS) is 12.7. The summed E-state index contributed by atoms with van der Waals surface area (Å²) in [6.45, 7) is 7.30. The summed E-state index contributed by atoms with van der Waals surface area (Å²) in [5, 5.41) is 26.5. The number of hydrogen-bond donors (Lipinski definition) is 2. The maximum Gasteiger partial charge on any atom is 0.326 e. The van der Waals surface area contributed by atoms with Gasteiger partial charge in [0.25, 0.3) is 5.91 Å². The second kappa shape index (κ2) is 6.76. The average molecular weight is 326 g/mol. The summed E-state index contributed by atoms with van der Waals surface area (Å²) in [6, 6.07) is -1.11. The Labute approximate surface area is 133 Å². The third-order valence-corrected chi connectivity index (χ3v) is 3.37. The number of aryl methyl sites for hydroxylation is 2. The highest BCUT2D eigenvalue weighted by Crippen LogP contribution is 2.24. The van der Waals surface area contributed by atoms with Gasteiger partial charge in [-0.05, 0) is 25.2 Å². The minimum absolute atomic E-state index is 0.0897. The molecule has 23 heavy (non-hydrogen) atoms. The van der Waals surface area contributed by atoms with Crippen LogP contribution in [0.3, 0.4) is 0 Å². The molecule has 0 bridgehead atoms. The van der Waals surface area contributed by atoms with Gasteiger partial charge in [0.15, 0.2) is 0 Å². The van der Waals surface area contributed by atoms with Crippen molar-refractivity contribution in [2.75, 3.05) is 0 Å². The molecule has 9 nitrogen and oxygen atoms in total. The number of rotatable bonds is 6. The first-order valence-corrected chi connectivity index (χ1v) is 7.15. The van der Waals surface area contributed by atoms with Gasteiger partial charge < -0.3 is 10.4 Å². The Balaban J connectivity index is 3.01. The van der Waals surface area contributed by atoms with E-state index in [1.807, 2.05) is 20.8 Å². The molecule has 0 fully saturated rings. The van der Waals surface area contributed by atoms with Crippen LogP contribution in [-0.4, -0.2) is 37.7 Å². The van der Waals surface area contributed by atoms with Crippen molar-refractivity contribution in [2.45, 2.75) is 46.6 Å². The molecular weight excluding hydrogens is 304 g/mol. The van der Waals surface area contributed by atoms with E-state index in [2.05, 4.69) is 10.4 Å². The number of nitro groups is 1. The van der Waals surface area contributed by atoms with Crippen LogP contribution in [-0.2, 0) is 11.8 Å². The molecule has 0 saturated carbocycles. The lowest BCUT2D eigenvalue weighted by Crippen LogP contribution is -2.42. The van der Waals surface area contributed by atoms with Crippen LogP contribution >= 0.6 is 0 Å². The number of carboxylic acid groups (broad SMARTS) is 1. The molecule has 1 aromatic rings. The Morgan fingerprint density at radius 1 is 1.43 bits per heavy atom. The topological polar surface area (TPSA) is 127 Å². The molecule has 1 rings (SSSR count). The molecule has 1 amide bonds. The molecule has 2 N–H and O–H groups in total. The van der Waals surface area contributed by atoms with Crippen molar-refractivity contribution in [1.82, 2.24) is 15.1 Å². The lowest BCUT2D eigenvalue weighted by Gasteiger charge is -2.21. The molecule has 9 heteroatoms. The van der Waals surface area contributed by atoms with E-state index in [0.29, 0.717) is 6.42 Å². The number of carbonyl (C=O) groups excluding carboxylic acids is 1. The maximum absolute atomic E-state index is 12.3. The second-order valence-corrected chi connectivity index (χ2v) is 6.63.